The first-order chi connectivity index (χ1) is 16.1. The van der Waals surface area contributed by atoms with Crippen molar-refractivity contribution in [2.24, 2.45) is 5.10 Å². The number of hydrogen-bond donors (Lipinski definition) is 1. The van der Waals surface area contributed by atoms with E-state index in [0.717, 1.165) is 5.01 Å². The number of aromatic nitrogens is 2. The van der Waals surface area contributed by atoms with Crippen LogP contribution in [0.4, 0.5) is 5.69 Å². The molecule has 33 heavy (non-hydrogen) atoms. The van der Waals surface area contributed by atoms with Crippen molar-refractivity contribution in [1.82, 2.24) is 15.1 Å². The van der Waals surface area contributed by atoms with Crippen molar-refractivity contribution < 1.29 is 28.3 Å². The first-order valence-electron chi connectivity index (χ1n) is 10.1. The highest BCUT2D eigenvalue weighted by atomic mass is 16.7. The van der Waals surface area contributed by atoms with Crippen LogP contribution in [-0.2, 0) is 9.59 Å². The van der Waals surface area contributed by atoms with Gasteiger partial charge in [0, 0.05) is 30.2 Å². The number of carbonyl (C=O) groups excluding carboxylic acids is 2. The van der Waals surface area contributed by atoms with E-state index >= 15 is 0 Å². The lowest BCUT2D eigenvalue weighted by Gasteiger charge is -2.21. The Kier molecular flexibility index (Phi) is 5.35. The number of carbonyl (C=O) groups is 2. The summed E-state index contributed by atoms with van der Waals surface area (Å²) in [5.41, 5.74) is 1.68. The number of methoxy groups -OCH3 is 1. The van der Waals surface area contributed by atoms with E-state index in [1.165, 1.54) is 0 Å². The summed E-state index contributed by atoms with van der Waals surface area (Å²) in [6.45, 7) is -0.0783. The van der Waals surface area contributed by atoms with Gasteiger partial charge in [0.1, 0.15) is 18.0 Å². The topological polar surface area (TPSA) is 128 Å². The monoisotopic (exact) mass is 449 g/mol. The molecule has 0 saturated heterocycles. The van der Waals surface area contributed by atoms with Crippen LogP contribution in [0.2, 0.25) is 0 Å². The molecule has 1 aromatic heterocycles. The van der Waals surface area contributed by atoms with E-state index < -0.39 is 5.91 Å². The Morgan fingerprint density at radius 2 is 2.03 bits per heavy atom. The fourth-order valence-corrected chi connectivity index (χ4v) is 3.41. The minimum absolute atomic E-state index is 0.169. The first-order valence-corrected chi connectivity index (χ1v) is 10.1. The van der Waals surface area contributed by atoms with Crippen molar-refractivity contribution in [3.05, 3.63) is 48.4 Å². The van der Waals surface area contributed by atoms with Gasteiger partial charge in [-0.05, 0) is 30.3 Å². The maximum absolute atomic E-state index is 12.5. The minimum Gasteiger partial charge on any atom is -0.497 e. The van der Waals surface area contributed by atoms with Gasteiger partial charge in [0.15, 0.2) is 11.5 Å². The summed E-state index contributed by atoms with van der Waals surface area (Å²) in [7, 11) is 1.54. The van der Waals surface area contributed by atoms with Crippen LogP contribution in [0.3, 0.4) is 0 Å². The van der Waals surface area contributed by atoms with Crippen LogP contribution < -0.4 is 19.5 Å². The number of fused-ring (bicyclic) bond motifs is 1. The van der Waals surface area contributed by atoms with Gasteiger partial charge in [-0.3, -0.25) is 9.59 Å². The molecular weight excluding hydrogens is 430 g/mol. The molecule has 0 unspecified atom stereocenters. The molecule has 0 aliphatic carbocycles. The Morgan fingerprint density at radius 3 is 2.91 bits per heavy atom. The molecule has 0 saturated carbocycles. The lowest BCUT2D eigenvalue weighted by Crippen LogP contribution is -2.38. The number of benzene rings is 2. The van der Waals surface area contributed by atoms with E-state index in [4.69, 9.17) is 18.7 Å². The van der Waals surface area contributed by atoms with Gasteiger partial charge in [-0.1, -0.05) is 11.2 Å². The summed E-state index contributed by atoms with van der Waals surface area (Å²) in [5.74, 6) is 1.74. The molecule has 3 aromatic rings. The highest BCUT2D eigenvalue weighted by molar-refractivity contribution is 6.02. The number of ether oxygens (including phenoxy) is 3. The van der Waals surface area contributed by atoms with Crippen molar-refractivity contribution in [3.8, 4) is 28.6 Å². The molecular formula is C22H19N5O6. The first kappa shape index (κ1) is 20.5. The van der Waals surface area contributed by atoms with Crippen LogP contribution in [0.25, 0.3) is 11.4 Å². The fourth-order valence-electron chi connectivity index (χ4n) is 3.41. The summed E-state index contributed by atoms with van der Waals surface area (Å²) in [6.07, 6.45) is 0.503. The number of nitrogens with one attached hydrogen (secondary N) is 1. The predicted octanol–water partition coefficient (Wildman–Crippen LogP) is 2.44. The van der Waals surface area contributed by atoms with Gasteiger partial charge in [0.25, 0.3) is 5.89 Å². The van der Waals surface area contributed by atoms with Crippen LogP contribution in [0.5, 0.6) is 17.2 Å². The average molecular weight is 449 g/mol. The molecule has 2 amide bonds. The lowest BCUT2D eigenvalue weighted by atomic mass is 10.1. The van der Waals surface area contributed by atoms with E-state index in [9.17, 15) is 9.59 Å². The zero-order valence-corrected chi connectivity index (χ0v) is 17.6. The van der Waals surface area contributed by atoms with E-state index in [1.54, 1.807) is 49.6 Å². The number of rotatable bonds is 6. The summed E-state index contributed by atoms with van der Waals surface area (Å²) < 4.78 is 21.2. The van der Waals surface area contributed by atoms with Gasteiger partial charge < -0.3 is 24.1 Å². The summed E-state index contributed by atoms with van der Waals surface area (Å²) in [4.78, 5) is 29.2. The molecule has 0 bridgehead atoms. The summed E-state index contributed by atoms with van der Waals surface area (Å²) in [5, 5.41) is 12.1. The van der Waals surface area contributed by atoms with Gasteiger partial charge in [0.05, 0.1) is 7.11 Å². The molecule has 0 radical (unpaired) electrons. The van der Waals surface area contributed by atoms with Crippen LogP contribution >= 0.6 is 0 Å². The molecule has 11 nitrogen and oxygen atoms in total. The Balaban J connectivity index is 1.30. The molecule has 0 spiro atoms. The standard InChI is InChI=1S/C22H19N5O6/c1-30-15-4-2-3-14(10-15)23-19(28)11-27-20(29)8-6-16(25-27)22-24-21(26-33-22)13-5-7-17-18(9-13)32-12-31-17/h2-5,7,9-10H,6,8,11-12H2,1H3,(H,23,28). The van der Waals surface area contributed by atoms with Gasteiger partial charge in [-0.25, -0.2) is 5.01 Å². The lowest BCUT2D eigenvalue weighted by molar-refractivity contribution is -0.135. The second-order valence-electron chi connectivity index (χ2n) is 7.27. The highest BCUT2D eigenvalue weighted by Gasteiger charge is 2.27. The fraction of sp³-hybridized carbons (Fsp3) is 0.227. The maximum atomic E-state index is 12.5. The van der Waals surface area contributed by atoms with Crippen LogP contribution in [0.15, 0.2) is 52.1 Å². The maximum Gasteiger partial charge on any atom is 0.274 e. The number of hydrazone groups is 1. The molecule has 1 N–H and O–H groups in total. The molecule has 0 atom stereocenters. The quantitative estimate of drug-likeness (QED) is 0.608. The third-order valence-corrected chi connectivity index (χ3v) is 5.06. The molecule has 3 heterocycles. The zero-order chi connectivity index (χ0) is 22.8. The molecule has 168 valence electrons. The second-order valence-corrected chi connectivity index (χ2v) is 7.27. The number of nitrogens with zero attached hydrogens (tertiary/aromatic N) is 4. The van der Waals surface area contributed by atoms with Crippen LogP contribution in [0, 0.1) is 0 Å². The number of hydrogen-bond acceptors (Lipinski definition) is 9. The molecule has 0 fully saturated rings. The largest absolute Gasteiger partial charge is 0.497 e. The number of anilines is 1. The van der Waals surface area contributed by atoms with Crippen molar-refractivity contribution in [3.63, 3.8) is 0 Å². The zero-order valence-electron chi connectivity index (χ0n) is 17.6. The second kappa shape index (κ2) is 8.61. The molecule has 11 heteroatoms. The summed E-state index contributed by atoms with van der Waals surface area (Å²) >= 11 is 0. The van der Waals surface area contributed by atoms with E-state index in [-0.39, 0.29) is 31.6 Å². The Bertz CT molecular complexity index is 1250. The van der Waals surface area contributed by atoms with Crippen molar-refractivity contribution in [1.29, 1.82) is 0 Å². The average Bonchev–Trinajstić information content (AvgIpc) is 3.50. The van der Waals surface area contributed by atoms with Crippen LogP contribution in [0.1, 0.15) is 18.7 Å². The SMILES string of the molecule is COc1cccc(NC(=O)CN2N=C(c3nc(-c4ccc5c(c4)OCO5)no3)CCC2=O)c1. The Morgan fingerprint density at radius 1 is 1.15 bits per heavy atom. The minimum atomic E-state index is -0.395. The predicted molar refractivity (Wildman–Crippen MR) is 115 cm³/mol. The van der Waals surface area contributed by atoms with E-state index in [1.807, 2.05) is 0 Å². The van der Waals surface area contributed by atoms with Gasteiger partial charge in [-0.15, -0.1) is 0 Å². The van der Waals surface area contributed by atoms with Crippen molar-refractivity contribution in [2.45, 2.75) is 12.8 Å². The van der Waals surface area contributed by atoms with Gasteiger partial charge >= 0.3 is 0 Å². The van der Waals surface area contributed by atoms with Crippen molar-refractivity contribution >= 4 is 23.2 Å². The Labute approximate surface area is 187 Å². The molecule has 2 aromatic carbocycles. The molecule has 2 aliphatic heterocycles. The Hall–Kier alpha value is -4.41. The molecule has 2 aliphatic rings. The van der Waals surface area contributed by atoms with Gasteiger partial charge in [0.2, 0.25) is 24.4 Å². The van der Waals surface area contributed by atoms with Gasteiger partial charge in [-0.2, -0.15) is 10.1 Å². The highest BCUT2D eigenvalue weighted by Crippen LogP contribution is 2.35. The normalized spacial score (nSPS) is 14.8. The third-order valence-electron chi connectivity index (χ3n) is 5.06. The van der Waals surface area contributed by atoms with Crippen LogP contribution in [-0.4, -0.2) is 53.1 Å². The smallest absolute Gasteiger partial charge is 0.274 e. The van der Waals surface area contributed by atoms with E-state index in [2.05, 4.69) is 20.6 Å². The molecule has 5 rings (SSSR count). The van der Waals surface area contributed by atoms with E-state index in [0.29, 0.717) is 46.5 Å². The number of amides is 2. The summed E-state index contributed by atoms with van der Waals surface area (Å²) in [6, 6.07) is 12.3. The van der Waals surface area contributed by atoms with Crippen molar-refractivity contribution in [2.75, 3.05) is 25.8 Å². The third kappa shape index (κ3) is 4.33.